The molecule has 0 bridgehead atoms. The minimum Gasteiger partial charge on any atom is -0.447 e. The van der Waals surface area contributed by atoms with Gasteiger partial charge in [-0.15, -0.1) is 5.10 Å². The van der Waals surface area contributed by atoms with E-state index in [9.17, 15) is 13.2 Å². The van der Waals surface area contributed by atoms with Crippen molar-refractivity contribution in [2.75, 3.05) is 37.8 Å². The van der Waals surface area contributed by atoms with Gasteiger partial charge in [0.1, 0.15) is 6.04 Å². The number of carbonyl (C=O) groups is 1. The van der Waals surface area contributed by atoms with Gasteiger partial charge in [0.05, 0.1) is 12.4 Å². The van der Waals surface area contributed by atoms with Crippen LogP contribution in [0.5, 0.6) is 0 Å². The van der Waals surface area contributed by atoms with Crippen LogP contribution in [0.4, 0.5) is 16.5 Å². The van der Waals surface area contributed by atoms with Crippen LogP contribution in [0, 0.1) is 13.8 Å². The van der Waals surface area contributed by atoms with Crippen LogP contribution in [0.25, 0.3) is 0 Å². The molecule has 204 valence electrons. The predicted octanol–water partition coefficient (Wildman–Crippen LogP) is 3.58. The molecule has 2 aliphatic heterocycles. The fourth-order valence-corrected chi connectivity index (χ4v) is 6.22. The van der Waals surface area contributed by atoms with Crippen molar-refractivity contribution in [3.8, 4) is 0 Å². The second-order valence-corrected chi connectivity index (χ2v) is 12.3. The molecule has 37 heavy (non-hydrogen) atoms. The van der Waals surface area contributed by atoms with Crippen molar-refractivity contribution in [2.24, 2.45) is 0 Å². The second-order valence-electron chi connectivity index (χ2n) is 10.4. The third-order valence-corrected chi connectivity index (χ3v) is 8.22. The molecule has 0 spiro atoms. The first-order valence-corrected chi connectivity index (χ1v) is 14.6. The summed E-state index contributed by atoms with van der Waals surface area (Å²) in [5.41, 5.74) is 4.20. The highest BCUT2D eigenvalue weighted by molar-refractivity contribution is 7.88. The van der Waals surface area contributed by atoms with Crippen LogP contribution in [0.3, 0.4) is 0 Å². The number of aryl methyl sites for hydroxylation is 1. The van der Waals surface area contributed by atoms with Gasteiger partial charge in [-0.25, -0.2) is 13.2 Å². The lowest BCUT2D eigenvalue weighted by Gasteiger charge is -2.39. The van der Waals surface area contributed by atoms with Crippen LogP contribution in [-0.2, 0) is 21.3 Å². The number of piperazine rings is 1. The van der Waals surface area contributed by atoms with E-state index in [0.717, 1.165) is 42.9 Å². The molecule has 2 atom stereocenters. The third-order valence-electron chi connectivity index (χ3n) is 6.93. The summed E-state index contributed by atoms with van der Waals surface area (Å²) in [6, 6.07) is 4.07. The zero-order chi connectivity index (χ0) is 26.9. The molecule has 4 rings (SSSR count). The fraction of sp³-hybridized carbons (Fsp3) is 0.640. The van der Waals surface area contributed by atoms with E-state index >= 15 is 0 Å². The molecule has 1 aromatic heterocycles. The van der Waals surface area contributed by atoms with E-state index in [1.807, 2.05) is 33.8 Å². The first-order valence-electron chi connectivity index (χ1n) is 12.8. The van der Waals surface area contributed by atoms with Crippen LogP contribution in [0.2, 0.25) is 0 Å². The summed E-state index contributed by atoms with van der Waals surface area (Å²) in [5, 5.41) is 11.5. The molecule has 11 nitrogen and oxygen atoms in total. The summed E-state index contributed by atoms with van der Waals surface area (Å²) < 4.78 is 36.9. The molecule has 1 aromatic carbocycles. The minimum atomic E-state index is -3.35. The highest BCUT2D eigenvalue weighted by atomic mass is 32.2. The summed E-state index contributed by atoms with van der Waals surface area (Å²) in [4.78, 5) is 16.5. The number of nitrogens with zero attached hydrogens (tertiary/aromatic N) is 5. The average molecular weight is 535 g/mol. The number of sulfonamides is 1. The Balaban J connectivity index is 1.44. The standard InChI is InChI=1S/C25H38N6O5S/c1-16(2)35-25(32)30-11-10-29(14-18(30)4)15-20-12-17(3)13-21(19(20)5)26-24-28-27-23(36-24)22-8-7-9-31(22)37(6,33)34/h12-13,16,18,22H,7-11,14-15H2,1-6H3,(H,26,28)/t18-,22-/m0/s1. The molecule has 2 fully saturated rings. The number of anilines is 2. The molecule has 3 heterocycles. The normalized spacial score (nSPS) is 21.5. The van der Waals surface area contributed by atoms with Gasteiger partial charge in [-0.1, -0.05) is 11.2 Å². The van der Waals surface area contributed by atoms with Gasteiger partial charge in [-0.05, 0) is 70.2 Å². The maximum Gasteiger partial charge on any atom is 0.410 e. The Bertz CT molecular complexity index is 1230. The van der Waals surface area contributed by atoms with Crippen molar-refractivity contribution in [3.05, 3.63) is 34.7 Å². The fourth-order valence-electron chi connectivity index (χ4n) is 5.10. The molecular formula is C25H38N6O5S. The summed E-state index contributed by atoms with van der Waals surface area (Å²) in [5.74, 6) is 0.304. The number of benzene rings is 1. The highest BCUT2D eigenvalue weighted by Crippen LogP contribution is 2.34. The van der Waals surface area contributed by atoms with E-state index in [2.05, 4.69) is 33.4 Å². The molecule has 0 radical (unpaired) electrons. The summed E-state index contributed by atoms with van der Waals surface area (Å²) in [6.45, 7) is 13.2. The zero-order valence-corrected chi connectivity index (χ0v) is 23.3. The highest BCUT2D eigenvalue weighted by Gasteiger charge is 2.36. The minimum absolute atomic E-state index is 0.0570. The molecular weight excluding hydrogens is 496 g/mol. The van der Waals surface area contributed by atoms with E-state index in [0.29, 0.717) is 25.4 Å². The molecule has 0 aliphatic carbocycles. The number of rotatable bonds is 7. The first kappa shape index (κ1) is 27.3. The van der Waals surface area contributed by atoms with E-state index in [4.69, 9.17) is 9.15 Å². The Morgan fingerprint density at radius 3 is 2.65 bits per heavy atom. The number of ether oxygens (including phenoxy) is 1. The van der Waals surface area contributed by atoms with Crippen LogP contribution in [-0.4, -0.2) is 83.4 Å². The Kier molecular flexibility index (Phi) is 8.10. The number of hydrogen-bond acceptors (Lipinski definition) is 9. The first-order chi connectivity index (χ1) is 17.4. The quantitative estimate of drug-likeness (QED) is 0.568. The molecule has 2 aromatic rings. The Labute approximate surface area is 219 Å². The maximum absolute atomic E-state index is 12.4. The largest absolute Gasteiger partial charge is 0.447 e. The van der Waals surface area contributed by atoms with Crippen molar-refractivity contribution < 1.29 is 22.4 Å². The molecule has 12 heteroatoms. The van der Waals surface area contributed by atoms with Gasteiger partial charge in [0.25, 0.3) is 0 Å². The van der Waals surface area contributed by atoms with Crippen molar-refractivity contribution in [2.45, 2.75) is 72.2 Å². The smallest absolute Gasteiger partial charge is 0.410 e. The van der Waals surface area contributed by atoms with Crippen LogP contribution >= 0.6 is 0 Å². The number of carbonyl (C=O) groups excluding carboxylic acids is 1. The van der Waals surface area contributed by atoms with Gasteiger partial charge in [0, 0.05) is 44.5 Å². The molecule has 0 unspecified atom stereocenters. The van der Waals surface area contributed by atoms with Crippen LogP contribution in [0.15, 0.2) is 16.5 Å². The van der Waals surface area contributed by atoms with Gasteiger partial charge in [-0.2, -0.15) is 4.31 Å². The lowest BCUT2D eigenvalue weighted by Crippen LogP contribution is -2.54. The summed E-state index contributed by atoms with van der Waals surface area (Å²) in [6.07, 6.45) is 2.23. The maximum atomic E-state index is 12.4. The lowest BCUT2D eigenvalue weighted by molar-refractivity contribution is 0.0349. The summed E-state index contributed by atoms with van der Waals surface area (Å²) in [7, 11) is -3.35. The van der Waals surface area contributed by atoms with E-state index in [1.54, 1.807) is 4.90 Å². The number of nitrogens with one attached hydrogen (secondary N) is 1. The molecule has 1 amide bonds. The average Bonchev–Trinajstić information content (AvgIpc) is 3.46. The summed E-state index contributed by atoms with van der Waals surface area (Å²) >= 11 is 0. The Morgan fingerprint density at radius 1 is 1.22 bits per heavy atom. The van der Waals surface area contributed by atoms with Gasteiger partial charge >= 0.3 is 12.1 Å². The van der Waals surface area contributed by atoms with E-state index < -0.39 is 16.1 Å². The van der Waals surface area contributed by atoms with Gasteiger partial charge in [0.2, 0.25) is 15.9 Å². The molecule has 1 N–H and O–H groups in total. The van der Waals surface area contributed by atoms with Crippen molar-refractivity contribution in [1.29, 1.82) is 0 Å². The van der Waals surface area contributed by atoms with Crippen molar-refractivity contribution in [1.82, 2.24) is 24.3 Å². The monoisotopic (exact) mass is 534 g/mol. The van der Waals surface area contributed by atoms with Crippen LogP contribution in [0.1, 0.15) is 62.2 Å². The number of amides is 1. The van der Waals surface area contributed by atoms with Crippen LogP contribution < -0.4 is 5.32 Å². The molecule has 0 saturated carbocycles. The topological polar surface area (TPSA) is 121 Å². The number of hydrogen-bond donors (Lipinski definition) is 1. The number of aromatic nitrogens is 2. The van der Waals surface area contributed by atoms with Gasteiger partial charge in [-0.3, -0.25) is 4.90 Å². The van der Waals surface area contributed by atoms with Gasteiger partial charge in [0.15, 0.2) is 0 Å². The Hall–Kier alpha value is -2.70. The zero-order valence-electron chi connectivity index (χ0n) is 22.5. The van der Waals surface area contributed by atoms with Crippen molar-refractivity contribution in [3.63, 3.8) is 0 Å². The van der Waals surface area contributed by atoms with Gasteiger partial charge < -0.3 is 19.4 Å². The lowest BCUT2D eigenvalue weighted by atomic mass is 10.0. The molecule has 2 aliphatic rings. The SMILES string of the molecule is Cc1cc(CN2CCN(C(=O)OC(C)C)[C@@H](C)C2)c(C)c(Nc2nnc([C@@H]3CCCN3S(C)(=O)=O)o2)c1. The van der Waals surface area contributed by atoms with E-state index in [-0.39, 0.29) is 24.3 Å². The predicted molar refractivity (Wildman–Crippen MR) is 140 cm³/mol. The Morgan fingerprint density at radius 2 is 1.97 bits per heavy atom. The second kappa shape index (κ2) is 11.0. The molecule has 2 saturated heterocycles. The van der Waals surface area contributed by atoms with Crippen molar-refractivity contribution >= 4 is 27.8 Å². The third kappa shape index (κ3) is 6.42. The van der Waals surface area contributed by atoms with E-state index in [1.165, 1.54) is 16.1 Å².